The summed E-state index contributed by atoms with van der Waals surface area (Å²) < 4.78 is 1.16. The van der Waals surface area contributed by atoms with Gasteiger partial charge in [-0.15, -0.1) is 0 Å². The molecule has 1 saturated heterocycles. The Labute approximate surface area is 138 Å². The van der Waals surface area contributed by atoms with Gasteiger partial charge in [-0.1, -0.05) is 29.8 Å². The summed E-state index contributed by atoms with van der Waals surface area (Å²) in [4.78, 5) is 2.57. The molecular formula is C18H29BrN2. The number of hydrogen-bond acceptors (Lipinski definition) is 2. The van der Waals surface area contributed by atoms with Crippen molar-refractivity contribution in [1.82, 2.24) is 5.32 Å². The van der Waals surface area contributed by atoms with Crippen molar-refractivity contribution in [2.24, 2.45) is 11.8 Å². The smallest absolute Gasteiger partial charge is 0.0412 e. The van der Waals surface area contributed by atoms with Crippen molar-refractivity contribution >= 4 is 21.6 Å². The van der Waals surface area contributed by atoms with Gasteiger partial charge in [0, 0.05) is 35.3 Å². The summed E-state index contributed by atoms with van der Waals surface area (Å²) in [7, 11) is 0. The van der Waals surface area contributed by atoms with Crippen LogP contribution in [0.3, 0.4) is 0 Å². The van der Waals surface area contributed by atoms with E-state index in [1.165, 1.54) is 30.8 Å². The Hall–Kier alpha value is -0.540. The van der Waals surface area contributed by atoms with Crippen LogP contribution in [-0.2, 0) is 6.54 Å². The topological polar surface area (TPSA) is 15.3 Å². The second-order valence-corrected chi connectivity index (χ2v) is 8.53. The van der Waals surface area contributed by atoms with Gasteiger partial charge in [0.25, 0.3) is 0 Å². The average molecular weight is 353 g/mol. The number of halogens is 1. The molecule has 1 aliphatic heterocycles. The normalized spacial score (nSPS) is 19.6. The van der Waals surface area contributed by atoms with Crippen LogP contribution >= 0.6 is 15.9 Å². The van der Waals surface area contributed by atoms with E-state index in [4.69, 9.17) is 0 Å². The molecule has 0 spiro atoms. The highest BCUT2D eigenvalue weighted by atomic mass is 79.9. The fourth-order valence-electron chi connectivity index (χ4n) is 2.91. The highest BCUT2D eigenvalue weighted by molar-refractivity contribution is 9.10. The lowest BCUT2D eigenvalue weighted by molar-refractivity contribution is 0.421. The molecule has 0 bridgehead atoms. The van der Waals surface area contributed by atoms with Crippen LogP contribution in [0.25, 0.3) is 0 Å². The van der Waals surface area contributed by atoms with Crippen LogP contribution < -0.4 is 10.2 Å². The Bertz CT molecular complexity index is 477. The number of anilines is 1. The lowest BCUT2D eigenvalue weighted by Crippen LogP contribution is -2.35. The molecule has 0 aromatic heterocycles. The molecule has 2 rings (SSSR count). The van der Waals surface area contributed by atoms with Crippen LogP contribution in [0.4, 0.5) is 5.69 Å². The van der Waals surface area contributed by atoms with Gasteiger partial charge in [-0.2, -0.15) is 0 Å². The van der Waals surface area contributed by atoms with E-state index in [9.17, 15) is 0 Å². The third-order valence-corrected chi connectivity index (χ3v) is 4.85. The van der Waals surface area contributed by atoms with E-state index >= 15 is 0 Å². The van der Waals surface area contributed by atoms with E-state index in [0.717, 1.165) is 22.9 Å². The third kappa shape index (κ3) is 4.72. The molecule has 1 aromatic carbocycles. The van der Waals surface area contributed by atoms with Crippen molar-refractivity contribution in [2.45, 2.75) is 53.1 Å². The Morgan fingerprint density at radius 3 is 2.62 bits per heavy atom. The molecule has 0 aliphatic carbocycles. The highest BCUT2D eigenvalue weighted by Gasteiger charge is 2.26. The summed E-state index contributed by atoms with van der Waals surface area (Å²) in [5, 5.41) is 3.62. The van der Waals surface area contributed by atoms with Crippen molar-refractivity contribution in [3.05, 3.63) is 28.2 Å². The standard InChI is InChI=1S/C18H29BrN2/c1-13(2)14-8-9-21(12-14)17-7-6-16(19)10-15(17)11-20-18(3,4)5/h6-7,10,13-14,20H,8-9,11-12H2,1-5H3. The Balaban J connectivity index is 2.15. The van der Waals surface area contributed by atoms with Crippen LogP contribution in [0, 0.1) is 11.8 Å². The zero-order valence-electron chi connectivity index (χ0n) is 14.0. The average Bonchev–Trinajstić information content (AvgIpc) is 2.85. The van der Waals surface area contributed by atoms with Gasteiger partial charge in [-0.3, -0.25) is 0 Å². The van der Waals surface area contributed by atoms with Crippen LogP contribution in [0.1, 0.15) is 46.6 Å². The molecule has 1 aromatic rings. The SMILES string of the molecule is CC(C)C1CCN(c2ccc(Br)cc2CNC(C)(C)C)C1. The van der Waals surface area contributed by atoms with Crippen molar-refractivity contribution in [1.29, 1.82) is 0 Å². The third-order valence-electron chi connectivity index (χ3n) is 4.36. The lowest BCUT2D eigenvalue weighted by Gasteiger charge is -2.26. The summed E-state index contributed by atoms with van der Waals surface area (Å²) in [5.74, 6) is 1.61. The minimum atomic E-state index is 0.144. The summed E-state index contributed by atoms with van der Waals surface area (Å²) in [5.41, 5.74) is 2.94. The van der Waals surface area contributed by atoms with Gasteiger partial charge in [0.15, 0.2) is 0 Å². The molecule has 0 saturated carbocycles. The first kappa shape index (κ1) is 16.8. The fraction of sp³-hybridized carbons (Fsp3) is 0.667. The van der Waals surface area contributed by atoms with Gasteiger partial charge >= 0.3 is 0 Å². The van der Waals surface area contributed by atoms with E-state index in [0.29, 0.717) is 0 Å². The van der Waals surface area contributed by atoms with Gasteiger partial charge in [0.2, 0.25) is 0 Å². The summed E-state index contributed by atoms with van der Waals surface area (Å²) >= 11 is 3.61. The molecule has 0 amide bonds. The van der Waals surface area contributed by atoms with Gasteiger partial charge < -0.3 is 10.2 Å². The highest BCUT2D eigenvalue weighted by Crippen LogP contribution is 2.32. The van der Waals surface area contributed by atoms with Crippen LogP contribution in [0.5, 0.6) is 0 Å². The molecule has 0 radical (unpaired) electrons. The van der Waals surface area contributed by atoms with Crippen molar-refractivity contribution in [2.75, 3.05) is 18.0 Å². The van der Waals surface area contributed by atoms with Crippen molar-refractivity contribution < 1.29 is 0 Å². The molecule has 1 unspecified atom stereocenters. The van der Waals surface area contributed by atoms with E-state index in [1.54, 1.807) is 0 Å². The Kier molecular flexibility index (Phi) is 5.37. The van der Waals surface area contributed by atoms with Gasteiger partial charge in [-0.05, 0) is 62.8 Å². The first-order valence-corrected chi connectivity index (χ1v) is 8.84. The number of nitrogens with zero attached hydrogens (tertiary/aromatic N) is 1. The second-order valence-electron chi connectivity index (χ2n) is 7.62. The predicted octanol–water partition coefficient (Wildman–Crippen LogP) is 4.82. The summed E-state index contributed by atoms with van der Waals surface area (Å²) in [6.45, 7) is 14.6. The zero-order chi connectivity index (χ0) is 15.6. The molecular weight excluding hydrogens is 324 g/mol. The number of benzene rings is 1. The fourth-order valence-corrected chi connectivity index (χ4v) is 3.32. The molecule has 1 aliphatic rings. The van der Waals surface area contributed by atoms with E-state index < -0.39 is 0 Å². The molecule has 118 valence electrons. The van der Waals surface area contributed by atoms with Gasteiger partial charge in [0.1, 0.15) is 0 Å². The molecule has 1 N–H and O–H groups in total. The van der Waals surface area contributed by atoms with E-state index in [-0.39, 0.29) is 5.54 Å². The maximum absolute atomic E-state index is 3.62. The van der Waals surface area contributed by atoms with Gasteiger partial charge in [-0.25, -0.2) is 0 Å². The second kappa shape index (κ2) is 6.70. The largest absolute Gasteiger partial charge is 0.371 e. The predicted molar refractivity (Wildman–Crippen MR) is 95.9 cm³/mol. The van der Waals surface area contributed by atoms with Crippen LogP contribution in [0.15, 0.2) is 22.7 Å². The Morgan fingerprint density at radius 1 is 1.33 bits per heavy atom. The molecule has 21 heavy (non-hydrogen) atoms. The number of hydrogen-bond donors (Lipinski definition) is 1. The molecule has 2 nitrogen and oxygen atoms in total. The number of nitrogens with one attached hydrogen (secondary N) is 1. The molecule has 1 fully saturated rings. The van der Waals surface area contributed by atoms with E-state index in [2.05, 4.69) is 79.0 Å². The quantitative estimate of drug-likeness (QED) is 0.835. The minimum Gasteiger partial charge on any atom is -0.371 e. The molecule has 1 heterocycles. The maximum Gasteiger partial charge on any atom is 0.0412 e. The van der Waals surface area contributed by atoms with Crippen LogP contribution in [0.2, 0.25) is 0 Å². The first-order valence-electron chi connectivity index (χ1n) is 8.04. The zero-order valence-corrected chi connectivity index (χ0v) is 15.6. The molecule has 3 heteroatoms. The van der Waals surface area contributed by atoms with Gasteiger partial charge in [0.05, 0.1) is 0 Å². The summed E-state index contributed by atoms with van der Waals surface area (Å²) in [6.07, 6.45) is 1.32. The number of rotatable bonds is 4. The Morgan fingerprint density at radius 2 is 2.05 bits per heavy atom. The van der Waals surface area contributed by atoms with Crippen molar-refractivity contribution in [3.8, 4) is 0 Å². The molecule has 1 atom stereocenters. The first-order chi connectivity index (χ1) is 9.76. The minimum absolute atomic E-state index is 0.144. The van der Waals surface area contributed by atoms with Crippen LogP contribution in [-0.4, -0.2) is 18.6 Å². The lowest BCUT2D eigenvalue weighted by atomic mass is 9.95. The monoisotopic (exact) mass is 352 g/mol. The maximum atomic E-state index is 3.62. The van der Waals surface area contributed by atoms with E-state index in [1.807, 2.05) is 0 Å². The van der Waals surface area contributed by atoms with Crippen molar-refractivity contribution in [3.63, 3.8) is 0 Å². The summed E-state index contributed by atoms with van der Waals surface area (Å²) in [6, 6.07) is 6.70.